The maximum absolute atomic E-state index is 13.8. The minimum Gasteiger partial charge on any atom is -0.382 e. The van der Waals surface area contributed by atoms with E-state index in [-0.39, 0.29) is 5.15 Å². The standard InChI is InChI=1S/C26H23Cl2FN10/c27-21-4-1-3-20(37-21)26(31)7-2-8-38(12-26)19-10-32-18(17-6-5-16(29)23(28)36-17)9-15(19)11-39-14-35-22-24(30)33-13-34-25(22)39/h1,3-6,9-10,13-14H,2,7-8,11-12,31H2,(H2,30,33,34)/t26-/m1/s1. The van der Waals surface area contributed by atoms with Gasteiger partial charge in [0.15, 0.2) is 22.4 Å². The monoisotopic (exact) mass is 564 g/mol. The molecule has 1 aliphatic heterocycles. The SMILES string of the molecule is Nc1ncnc2c1ncn2Cc1cc(-c2ccc(F)c(Cl)n2)ncc1N1CCC[C@](N)(c2cccc(Cl)n2)C1. The van der Waals surface area contributed by atoms with Crippen LogP contribution in [0.2, 0.25) is 10.3 Å². The number of hydrogen-bond donors (Lipinski definition) is 2. The summed E-state index contributed by atoms with van der Waals surface area (Å²) < 4.78 is 15.7. The van der Waals surface area contributed by atoms with E-state index in [4.69, 9.17) is 34.7 Å². The van der Waals surface area contributed by atoms with Gasteiger partial charge in [-0.05, 0) is 48.7 Å². The Morgan fingerprint density at radius 2 is 1.90 bits per heavy atom. The van der Waals surface area contributed by atoms with Gasteiger partial charge in [-0.15, -0.1) is 0 Å². The summed E-state index contributed by atoms with van der Waals surface area (Å²) in [5.41, 5.74) is 16.9. The molecule has 0 spiro atoms. The van der Waals surface area contributed by atoms with Crippen LogP contribution in [0, 0.1) is 5.82 Å². The zero-order valence-electron chi connectivity index (χ0n) is 20.6. The number of hydrogen-bond acceptors (Lipinski definition) is 9. The number of fused-ring (bicyclic) bond motifs is 1. The first kappa shape index (κ1) is 25.4. The maximum atomic E-state index is 13.8. The molecule has 0 amide bonds. The van der Waals surface area contributed by atoms with Gasteiger partial charge in [-0.25, -0.2) is 29.3 Å². The summed E-state index contributed by atoms with van der Waals surface area (Å²) in [6, 6.07) is 10.2. The lowest BCUT2D eigenvalue weighted by molar-refractivity contribution is 0.345. The molecule has 1 fully saturated rings. The molecule has 6 rings (SSSR count). The molecule has 0 bridgehead atoms. The van der Waals surface area contributed by atoms with Crippen molar-refractivity contribution in [1.29, 1.82) is 0 Å². The Kier molecular flexibility index (Phi) is 6.49. The fraction of sp³-hybridized carbons (Fsp3) is 0.231. The van der Waals surface area contributed by atoms with Gasteiger partial charge in [0.2, 0.25) is 0 Å². The van der Waals surface area contributed by atoms with Gasteiger partial charge < -0.3 is 20.9 Å². The highest BCUT2D eigenvalue weighted by molar-refractivity contribution is 6.29. The van der Waals surface area contributed by atoms with E-state index in [1.165, 1.54) is 12.4 Å². The number of pyridine rings is 3. The van der Waals surface area contributed by atoms with Gasteiger partial charge in [-0.2, -0.15) is 0 Å². The molecule has 0 aromatic carbocycles. The predicted octanol–water partition coefficient (Wildman–Crippen LogP) is 4.21. The van der Waals surface area contributed by atoms with Gasteiger partial charge in [0.05, 0.1) is 47.4 Å². The third-order valence-electron chi connectivity index (χ3n) is 6.89. The number of anilines is 2. The van der Waals surface area contributed by atoms with Crippen molar-refractivity contribution in [3.8, 4) is 11.4 Å². The van der Waals surface area contributed by atoms with E-state index in [1.54, 1.807) is 24.7 Å². The van der Waals surface area contributed by atoms with Crippen LogP contribution in [0.15, 0.2) is 55.2 Å². The van der Waals surface area contributed by atoms with E-state index in [1.807, 2.05) is 22.8 Å². The van der Waals surface area contributed by atoms with Crippen molar-refractivity contribution in [1.82, 2.24) is 34.5 Å². The Hall–Kier alpha value is -3.93. The van der Waals surface area contributed by atoms with Gasteiger partial charge >= 0.3 is 0 Å². The van der Waals surface area contributed by atoms with Gasteiger partial charge in [0.25, 0.3) is 0 Å². The van der Waals surface area contributed by atoms with E-state index in [9.17, 15) is 4.39 Å². The lowest BCUT2D eigenvalue weighted by Crippen LogP contribution is -2.52. The van der Waals surface area contributed by atoms with E-state index in [2.05, 4.69) is 34.8 Å². The van der Waals surface area contributed by atoms with Crippen molar-refractivity contribution in [3.05, 3.63) is 82.6 Å². The summed E-state index contributed by atoms with van der Waals surface area (Å²) >= 11 is 12.1. The Bertz CT molecular complexity index is 1690. The highest BCUT2D eigenvalue weighted by atomic mass is 35.5. The summed E-state index contributed by atoms with van der Waals surface area (Å²) in [5.74, 6) is -0.292. The molecular weight excluding hydrogens is 542 g/mol. The molecule has 13 heteroatoms. The second kappa shape index (κ2) is 9.99. The summed E-state index contributed by atoms with van der Waals surface area (Å²) in [5, 5.41) is 0.186. The van der Waals surface area contributed by atoms with Gasteiger partial charge in [-0.1, -0.05) is 29.3 Å². The van der Waals surface area contributed by atoms with Crippen LogP contribution < -0.4 is 16.4 Å². The fourth-order valence-corrected chi connectivity index (χ4v) is 5.30. The van der Waals surface area contributed by atoms with Gasteiger partial charge in [-0.3, -0.25) is 4.98 Å². The Morgan fingerprint density at radius 1 is 1.03 bits per heavy atom. The molecule has 1 atom stereocenters. The third-order valence-corrected chi connectivity index (χ3v) is 7.37. The third kappa shape index (κ3) is 4.84. The number of nitrogen functional groups attached to an aromatic ring is 1. The molecule has 5 aromatic heterocycles. The number of piperidine rings is 1. The summed E-state index contributed by atoms with van der Waals surface area (Å²) in [7, 11) is 0. The molecule has 0 radical (unpaired) electrons. The molecule has 0 saturated carbocycles. The molecular formula is C26H23Cl2FN10. The second-order valence-corrected chi connectivity index (χ2v) is 10.2. The Labute approximate surface area is 232 Å². The number of halogens is 3. The predicted molar refractivity (Wildman–Crippen MR) is 148 cm³/mol. The molecule has 0 unspecified atom stereocenters. The molecule has 1 saturated heterocycles. The molecule has 4 N–H and O–H groups in total. The smallest absolute Gasteiger partial charge is 0.165 e. The van der Waals surface area contributed by atoms with Crippen LogP contribution >= 0.6 is 23.2 Å². The summed E-state index contributed by atoms with van der Waals surface area (Å²) in [6.07, 6.45) is 6.47. The van der Waals surface area contributed by atoms with Crippen molar-refractivity contribution in [2.45, 2.75) is 24.9 Å². The van der Waals surface area contributed by atoms with Crippen molar-refractivity contribution in [2.75, 3.05) is 23.7 Å². The van der Waals surface area contributed by atoms with E-state index in [0.717, 1.165) is 36.3 Å². The first-order valence-corrected chi connectivity index (χ1v) is 13.0. The zero-order valence-corrected chi connectivity index (χ0v) is 22.1. The molecule has 198 valence electrons. The highest BCUT2D eigenvalue weighted by Crippen LogP contribution is 2.34. The second-order valence-electron chi connectivity index (χ2n) is 9.50. The first-order chi connectivity index (χ1) is 18.8. The fourth-order valence-electron chi connectivity index (χ4n) is 4.98. The van der Waals surface area contributed by atoms with Crippen molar-refractivity contribution in [2.24, 2.45) is 5.73 Å². The highest BCUT2D eigenvalue weighted by Gasteiger charge is 2.35. The van der Waals surface area contributed by atoms with Crippen LogP contribution in [-0.4, -0.2) is 47.6 Å². The molecule has 39 heavy (non-hydrogen) atoms. The Morgan fingerprint density at radius 3 is 2.72 bits per heavy atom. The largest absolute Gasteiger partial charge is 0.382 e. The minimum atomic E-state index is -0.700. The molecule has 1 aliphatic rings. The number of nitrogens with two attached hydrogens (primary N) is 2. The quantitative estimate of drug-likeness (QED) is 0.300. The molecule has 0 aliphatic carbocycles. The van der Waals surface area contributed by atoms with Crippen molar-refractivity contribution >= 4 is 45.9 Å². The average molecular weight is 565 g/mol. The van der Waals surface area contributed by atoms with Crippen LogP contribution in [-0.2, 0) is 12.1 Å². The van der Waals surface area contributed by atoms with E-state index >= 15 is 0 Å². The van der Waals surface area contributed by atoms with Crippen LogP contribution in [0.25, 0.3) is 22.6 Å². The number of rotatable bonds is 5. The van der Waals surface area contributed by atoms with E-state index in [0.29, 0.717) is 46.6 Å². The van der Waals surface area contributed by atoms with Crippen LogP contribution in [0.3, 0.4) is 0 Å². The van der Waals surface area contributed by atoms with Gasteiger partial charge in [0, 0.05) is 13.1 Å². The van der Waals surface area contributed by atoms with Gasteiger partial charge in [0.1, 0.15) is 17.0 Å². The molecule has 6 heterocycles. The van der Waals surface area contributed by atoms with Crippen molar-refractivity contribution < 1.29 is 4.39 Å². The van der Waals surface area contributed by atoms with Crippen LogP contribution in [0.4, 0.5) is 15.9 Å². The number of imidazole rings is 1. The summed E-state index contributed by atoms with van der Waals surface area (Å²) in [4.78, 5) is 28.3. The van der Waals surface area contributed by atoms with E-state index < -0.39 is 11.4 Å². The van der Waals surface area contributed by atoms with Crippen LogP contribution in [0.1, 0.15) is 24.1 Å². The lowest BCUT2D eigenvalue weighted by atomic mass is 9.86. The normalized spacial score (nSPS) is 17.6. The zero-order chi connectivity index (χ0) is 27.1. The topological polar surface area (TPSA) is 138 Å². The summed E-state index contributed by atoms with van der Waals surface area (Å²) in [6.45, 7) is 1.68. The average Bonchev–Trinajstić information content (AvgIpc) is 3.34. The maximum Gasteiger partial charge on any atom is 0.165 e. The number of nitrogens with zero attached hydrogens (tertiary/aromatic N) is 8. The van der Waals surface area contributed by atoms with Crippen LogP contribution in [0.5, 0.6) is 0 Å². The Balaban J connectivity index is 1.42. The lowest BCUT2D eigenvalue weighted by Gasteiger charge is -2.41. The molecule has 5 aromatic rings. The minimum absolute atomic E-state index is 0.217. The molecule has 10 nitrogen and oxygen atoms in total. The first-order valence-electron chi connectivity index (χ1n) is 12.2. The number of aromatic nitrogens is 7. The van der Waals surface area contributed by atoms with Crippen molar-refractivity contribution in [3.63, 3.8) is 0 Å².